The Balaban J connectivity index is 1.90. The Labute approximate surface area is 149 Å². The van der Waals surface area contributed by atoms with Gasteiger partial charge in [0.15, 0.2) is 5.11 Å². The molecular formula is C17H14ClN3O2S. The van der Waals surface area contributed by atoms with Crippen molar-refractivity contribution in [2.24, 2.45) is 10.8 Å². The van der Waals surface area contributed by atoms with E-state index in [1.54, 1.807) is 18.2 Å². The number of nitrogens with one attached hydrogen (secondary N) is 1. The fourth-order valence-electron chi connectivity index (χ4n) is 2.54. The van der Waals surface area contributed by atoms with Gasteiger partial charge in [-0.05, 0) is 36.0 Å². The zero-order valence-electron chi connectivity index (χ0n) is 12.5. The number of hydrazone groups is 1. The first kappa shape index (κ1) is 16.4. The van der Waals surface area contributed by atoms with Gasteiger partial charge in [-0.3, -0.25) is 5.43 Å². The third-order valence-electron chi connectivity index (χ3n) is 3.63. The predicted octanol–water partition coefficient (Wildman–Crippen LogP) is 3.18. The molecule has 0 aliphatic carbocycles. The van der Waals surface area contributed by atoms with E-state index in [-0.39, 0.29) is 11.1 Å². The van der Waals surface area contributed by atoms with E-state index in [4.69, 9.17) is 34.3 Å². The molecule has 1 aliphatic rings. The number of ether oxygens (including phenoxy) is 1. The molecule has 0 amide bonds. The van der Waals surface area contributed by atoms with Gasteiger partial charge in [-0.2, -0.15) is 5.10 Å². The van der Waals surface area contributed by atoms with Crippen molar-refractivity contribution in [3.8, 4) is 0 Å². The average molecular weight is 360 g/mol. The highest BCUT2D eigenvalue weighted by Crippen LogP contribution is 2.33. The minimum Gasteiger partial charge on any atom is -0.453 e. The van der Waals surface area contributed by atoms with Gasteiger partial charge in [-0.1, -0.05) is 41.9 Å². The van der Waals surface area contributed by atoms with Crippen molar-refractivity contribution in [2.75, 3.05) is 0 Å². The number of halogens is 1. The van der Waals surface area contributed by atoms with Crippen molar-refractivity contribution in [3.63, 3.8) is 0 Å². The molecule has 7 heteroatoms. The highest BCUT2D eigenvalue weighted by molar-refractivity contribution is 7.80. The molecule has 2 aromatic carbocycles. The van der Waals surface area contributed by atoms with Gasteiger partial charge < -0.3 is 10.5 Å². The fraction of sp³-hybridized carbons (Fsp3) is 0.118. The van der Waals surface area contributed by atoms with Crippen LogP contribution in [0.25, 0.3) is 0 Å². The van der Waals surface area contributed by atoms with Crippen LogP contribution in [0.4, 0.5) is 0 Å². The Morgan fingerprint density at radius 1 is 1.25 bits per heavy atom. The smallest absolute Gasteiger partial charge is 0.339 e. The lowest BCUT2D eigenvalue weighted by atomic mass is 9.98. The molecule has 0 aromatic heterocycles. The number of hydrogen-bond acceptors (Lipinski definition) is 4. The maximum absolute atomic E-state index is 12.0. The van der Waals surface area contributed by atoms with Gasteiger partial charge in [0.1, 0.15) is 6.10 Å². The second kappa shape index (κ2) is 6.98. The summed E-state index contributed by atoms with van der Waals surface area (Å²) in [6.07, 6.45) is -0.0173. The molecule has 3 N–H and O–H groups in total. The Hall–Kier alpha value is -2.44. The molecule has 5 nitrogen and oxygen atoms in total. The molecule has 1 atom stereocenters. The standard InChI is InChI=1S/C17H14ClN3O2S/c18-11-7-5-10(6-8-11)14(20-21-17(19)24)9-15-12-3-1-2-4-13(12)16(22)23-15/h1-8,15H,9H2,(H3,19,21,24)/b20-14+. The number of carbonyl (C=O) groups is 1. The summed E-state index contributed by atoms with van der Waals surface area (Å²) in [6.45, 7) is 0. The minimum absolute atomic E-state index is 0.0604. The molecule has 24 heavy (non-hydrogen) atoms. The molecule has 0 radical (unpaired) electrons. The zero-order valence-corrected chi connectivity index (χ0v) is 14.1. The third kappa shape index (κ3) is 3.55. The zero-order chi connectivity index (χ0) is 17.1. The second-order valence-corrected chi connectivity index (χ2v) is 6.10. The summed E-state index contributed by atoms with van der Waals surface area (Å²) in [7, 11) is 0. The van der Waals surface area contributed by atoms with Crippen LogP contribution in [0.5, 0.6) is 0 Å². The fourth-order valence-corrected chi connectivity index (χ4v) is 2.71. The van der Waals surface area contributed by atoms with E-state index in [0.29, 0.717) is 22.7 Å². The number of hydrogen-bond donors (Lipinski definition) is 2. The molecule has 122 valence electrons. The van der Waals surface area contributed by atoms with E-state index >= 15 is 0 Å². The number of fused-ring (bicyclic) bond motifs is 1. The number of nitrogens with zero attached hydrogens (tertiary/aromatic N) is 1. The lowest BCUT2D eigenvalue weighted by Crippen LogP contribution is -2.26. The Morgan fingerprint density at radius 3 is 2.67 bits per heavy atom. The molecule has 0 spiro atoms. The quantitative estimate of drug-likeness (QED) is 0.379. The highest BCUT2D eigenvalue weighted by atomic mass is 35.5. The van der Waals surface area contributed by atoms with E-state index < -0.39 is 6.10 Å². The molecule has 3 rings (SSSR count). The first-order chi connectivity index (χ1) is 11.5. The maximum Gasteiger partial charge on any atom is 0.339 e. The average Bonchev–Trinajstić information content (AvgIpc) is 2.89. The summed E-state index contributed by atoms with van der Waals surface area (Å²) in [6, 6.07) is 14.5. The van der Waals surface area contributed by atoms with E-state index in [9.17, 15) is 4.79 Å². The first-order valence-corrected chi connectivity index (χ1v) is 8.01. The van der Waals surface area contributed by atoms with Gasteiger partial charge in [0.2, 0.25) is 0 Å². The SMILES string of the molecule is NC(=S)N/N=C(\CC1OC(=O)c2ccccc21)c1ccc(Cl)cc1. The number of rotatable bonds is 4. The molecular weight excluding hydrogens is 346 g/mol. The van der Waals surface area contributed by atoms with Crippen molar-refractivity contribution >= 4 is 40.6 Å². The topological polar surface area (TPSA) is 76.7 Å². The van der Waals surface area contributed by atoms with Crippen molar-refractivity contribution in [1.82, 2.24) is 5.43 Å². The normalized spacial score (nSPS) is 16.5. The molecule has 0 saturated heterocycles. The van der Waals surface area contributed by atoms with Crippen molar-refractivity contribution in [1.29, 1.82) is 0 Å². The van der Waals surface area contributed by atoms with Crippen LogP contribution in [0.3, 0.4) is 0 Å². The number of carbonyl (C=O) groups excluding carboxylic acids is 1. The number of esters is 1. The highest BCUT2D eigenvalue weighted by Gasteiger charge is 2.31. The summed E-state index contributed by atoms with van der Waals surface area (Å²) in [5, 5.41) is 4.93. The lowest BCUT2D eigenvalue weighted by molar-refractivity contribution is 0.0400. The van der Waals surface area contributed by atoms with Crippen molar-refractivity contribution < 1.29 is 9.53 Å². The van der Waals surface area contributed by atoms with E-state index in [1.807, 2.05) is 30.3 Å². The summed E-state index contributed by atoms with van der Waals surface area (Å²) in [4.78, 5) is 12.0. The van der Waals surface area contributed by atoms with Crippen LogP contribution < -0.4 is 11.2 Å². The largest absolute Gasteiger partial charge is 0.453 e. The molecule has 0 bridgehead atoms. The first-order valence-electron chi connectivity index (χ1n) is 7.22. The van der Waals surface area contributed by atoms with Gasteiger partial charge in [0, 0.05) is 17.0 Å². The van der Waals surface area contributed by atoms with Gasteiger partial charge in [-0.15, -0.1) is 0 Å². The summed E-state index contributed by atoms with van der Waals surface area (Å²) >= 11 is 10.7. The van der Waals surface area contributed by atoms with Crippen LogP contribution in [0.2, 0.25) is 5.02 Å². The third-order valence-corrected chi connectivity index (χ3v) is 3.98. The van der Waals surface area contributed by atoms with Crippen LogP contribution in [-0.2, 0) is 4.74 Å². The minimum atomic E-state index is -0.406. The summed E-state index contributed by atoms with van der Waals surface area (Å²) in [5.74, 6) is -0.326. The Bertz CT molecular complexity index is 821. The van der Waals surface area contributed by atoms with E-state index in [1.165, 1.54) is 0 Å². The van der Waals surface area contributed by atoms with Gasteiger partial charge in [0.25, 0.3) is 0 Å². The van der Waals surface area contributed by atoms with Crippen LogP contribution in [0.1, 0.15) is 34.0 Å². The predicted molar refractivity (Wildman–Crippen MR) is 97.1 cm³/mol. The molecule has 1 unspecified atom stereocenters. The number of cyclic esters (lactones) is 1. The Kier molecular flexibility index (Phi) is 4.78. The van der Waals surface area contributed by atoms with Crippen molar-refractivity contribution in [2.45, 2.75) is 12.5 Å². The van der Waals surface area contributed by atoms with Gasteiger partial charge in [-0.25, -0.2) is 4.79 Å². The number of thiocarbonyl (C=S) groups is 1. The van der Waals surface area contributed by atoms with Crippen LogP contribution in [0.15, 0.2) is 53.6 Å². The van der Waals surface area contributed by atoms with Crippen LogP contribution in [-0.4, -0.2) is 16.8 Å². The van der Waals surface area contributed by atoms with E-state index in [2.05, 4.69) is 10.5 Å². The summed E-state index contributed by atoms with van der Waals surface area (Å²) < 4.78 is 5.48. The molecule has 0 fully saturated rings. The number of benzene rings is 2. The Morgan fingerprint density at radius 2 is 1.96 bits per heavy atom. The second-order valence-electron chi connectivity index (χ2n) is 5.23. The van der Waals surface area contributed by atoms with Gasteiger partial charge in [0.05, 0.1) is 11.3 Å². The number of nitrogens with two attached hydrogens (primary N) is 1. The lowest BCUT2D eigenvalue weighted by Gasteiger charge is -2.13. The monoisotopic (exact) mass is 359 g/mol. The molecule has 1 aliphatic heterocycles. The van der Waals surface area contributed by atoms with E-state index in [0.717, 1.165) is 11.1 Å². The molecule has 2 aromatic rings. The van der Waals surface area contributed by atoms with Crippen LogP contribution in [0, 0.1) is 0 Å². The molecule has 1 heterocycles. The maximum atomic E-state index is 12.0. The molecule has 0 saturated carbocycles. The van der Waals surface area contributed by atoms with Crippen LogP contribution >= 0.6 is 23.8 Å². The summed E-state index contributed by atoms with van der Waals surface area (Å²) in [5.41, 5.74) is 11.0. The van der Waals surface area contributed by atoms with Crippen molar-refractivity contribution in [3.05, 3.63) is 70.2 Å². The van der Waals surface area contributed by atoms with Gasteiger partial charge >= 0.3 is 5.97 Å².